The molecule has 20 heavy (non-hydrogen) atoms. The Balaban J connectivity index is 2.24. The predicted molar refractivity (Wildman–Crippen MR) is 88.0 cm³/mol. The summed E-state index contributed by atoms with van der Waals surface area (Å²) in [4.78, 5) is 0. The Morgan fingerprint density at radius 1 is 0.800 bits per heavy atom. The normalized spacial score (nSPS) is 16.5. The smallest absolute Gasteiger partial charge is 0.00991 e. The van der Waals surface area contributed by atoms with Gasteiger partial charge in [-0.25, -0.2) is 0 Å². The minimum atomic E-state index is 0.257. The summed E-state index contributed by atoms with van der Waals surface area (Å²) in [6, 6.07) is 17.7. The van der Waals surface area contributed by atoms with Crippen molar-refractivity contribution in [3.63, 3.8) is 0 Å². The maximum Gasteiger partial charge on any atom is -0.00991 e. The fraction of sp³-hybridized carbons (Fsp3) is 0.200. The summed E-state index contributed by atoms with van der Waals surface area (Å²) in [6.45, 7) is 4.62. The molecule has 0 radical (unpaired) electrons. The Morgan fingerprint density at radius 3 is 2.50 bits per heavy atom. The molecule has 0 atom stereocenters. The lowest BCUT2D eigenvalue weighted by atomic mass is 9.83. The summed E-state index contributed by atoms with van der Waals surface area (Å²) in [7, 11) is 0. The topological polar surface area (TPSA) is 0 Å². The van der Waals surface area contributed by atoms with E-state index in [0.717, 1.165) is 6.42 Å². The van der Waals surface area contributed by atoms with Crippen molar-refractivity contribution in [2.24, 2.45) is 5.41 Å². The van der Waals surface area contributed by atoms with Crippen LogP contribution in [0.4, 0.5) is 0 Å². The van der Waals surface area contributed by atoms with Gasteiger partial charge >= 0.3 is 0 Å². The first kappa shape index (κ1) is 11.7. The van der Waals surface area contributed by atoms with E-state index >= 15 is 0 Å². The molecule has 4 rings (SSSR count). The highest BCUT2D eigenvalue weighted by Crippen LogP contribution is 2.27. The van der Waals surface area contributed by atoms with Crippen LogP contribution < -0.4 is 10.4 Å². The highest BCUT2D eigenvalue weighted by molar-refractivity contribution is 6.07. The van der Waals surface area contributed by atoms with Gasteiger partial charge in [-0.1, -0.05) is 74.5 Å². The molecule has 1 aliphatic carbocycles. The quantitative estimate of drug-likeness (QED) is 0.535. The molecule has 1 aliphatic rings. The van der Waals surface area contributed by atoms with E-state index in [1.165, 1.54) is 32.0 Å². The van der Waals surface area contributed by atoms with Gasteiger partial charge in [0.05, 0.1) is 0 Å². The van der Waals surface area contributed by atoms with Gasteiger partial charge in [0.2, 0.25) is 0 Å². The van der Waals surface area contributed by atoms with E-state index in [0.29, 0.717) is 0 Å². The van der Waals surface area contributed by atoms with Crippen molar-refractivity contribution >= 4 is 33.7 Å². The average molecular weight is 258 g/mol. The van der Waals surface area contributed by atoms with Crippen LogP contribution in [0.1, 0.15) is 20.3 Å². The minimum absolute atomic E-state index is 0.257. The highest BCUT2D eigenvalue weighted by atomic mass is 14.2. The molecule has 0 saturated carbocycles. The molecular formula is C20H18. The van der Waals surface area contributed by atoms with Gasteiger partial charge in [0.15, 0.2) is 0 Å². The molecule has 0 N–H and O–H groups in total. The number of hydrogen-bond donors (Lipinski definition) is 0. The summed E-state index contributed by atoms with van der Waals surface area (Å²) < 4.78 is 0. The highest BCUT2D eigenvalue weighted by Gasteiger charge is 2.16. The Kier molecular flexibility index (Phi) is 2.32. The molecular weight excluding hydrogens is 240 g/mol. The maximum absolute atomic E-state index is 2.44. The Labute approximate surface area is 119 Å². The largest absolute Gasteiger partial charge is 0.0758 e. The second-order valence-corrected chi connectivity index (χ2v) is 6.49. The van der Waals surface area contributed by atoms with Crippen molar-refractivity contribution in [1.29, 1.82) is 0 Å². The number of benzene rings is 3. The van der Waals surface area contributed by atoms with E-state index in [4.69, 9.17) is 0 Å². The maximum atomic E-state index is 2.44. The second kappa shape index (κ2) is 3.96. The number of hydrogen-bond acceptors (Lipinski definition) is 0. The van der Waals surface area contributed by atoms with Gasteiger partial charge in [-0.15, -0.1) is 0 Å². The third-order valence-corrected chi connectivity index (χ3v) is 4.38. The molecule has 3 aromatic rings. The first-order valence-electron chi connectivity index (χ1n) is 7.28. The minimum Gasteiger partial charge on any atom is -0.0758 e. The Morgan fingerprint density at radius 2 is 1.60 bits per heavy atom. The van der Waals surface area contributed by atoms with Gasteiger partial charge in [0.1, 0.15) is 0 Å². The fourth-order valence-corrected chi connectivity index (χ4v) is 3.29. The zero-order valence-electron chi connectivity index (χ0n) is 12.0. The third-order valence-electron chi connectivity index (χ3n) is 4.38. The zero-order chi connectivity index (χ0) is 13.7. The summed E-state index contributed by atoms with van der Waals surface area (Å²) in [6.07, 6.45) is 5.95. The van der Waals surface area contributed by atoms with Crippen LogP contribution in [0.15, 0.2) is 48.5 Å². The molecule has 0 unspecified atom stereocenters. The van der Waals surface area contributed by atoms with Crippen molar-refractivity contribution in [2.75, 3.05) is 0 Å². The van der Waals surface area contributed by atoms with Gasteiger partial charge in [0.25, 0.3) is 0 Å². The summed E-state index contributed by atoms with van der Waals surface area (Å²) in [5.41, 5.74) is 0.257. The SMILES string of the molecule is CC1(C)C=c2c(ccc3c2ccc2ccccc23)=CC1. The molecule has 0 spiro atoms. The Hall–Kier alpha value is -2.08. The lowest BCUT2D eigenvalue weighted by Gasteiger charge is -2.21. The van der Waals surface area contributed by atoms with Crippen LogP contribution in [0, 0.1) is 5.41 Å². The van der Waals surface area contributed by atoms with Gasteiger partial charge in [-0.05, 0) is 43.8 Å². The third kappa shape index (κ3) is 1.68. The standard InChI is InChI=1S/C20H18/c1-20(2)12-11-15-8-9-17-16-6-4-3-5-14(16)7-10-18(17)19(15)13-20/h3-11,13H,12H2,1-2H3. The predicted octanol–water partition coefficient (Wildman–Crippen LogP) is 3.98. The van der Waals surface area contributed by atoms with Crippen LogP contribution in [0.3, 0.4) is 0 Å². The van der Waals surface area contributed by atoms with Crippen LogP contribution >= 0.6 is 0 Å². The molecule has 0 bridgehead atoms. The lowest BCUT2D eigenvalue weighted by Crippen LogP contribution is -2.32. The average Bonchev–Trinajstić information content (AvgIpc) is 2.45. The van der Waals surface area contributed by atoms with E-state index in [-0.39, 0.29) is 5.41 Å². The van der Waals surface area contributed by atoms with Crippen LogP contribution in [0.5, 0.6) is 0 Å². The molecule has 0 heteroatoms. The molecule has 0 amide bonds. The van der Waals surface area contributed by atoms with Crippen molar-refractivity contribution in [3.05, 3.63) is 59.0 Å². The van der Waals surface area contributed by atoms with E-state index in [1.54, 1.807) is 0 Å². The molecule has 98 valence electrons. The molecule has 0 saturated heterocycles. The first-order valence-corrected chi connectivity index (χ1v) is 7.28. The van der Waals surface area contributed by atoms with E-state index in [2.05, 4.69) is 74.5 Å². The molecule has 0 aliphatic heterocycles. The van der Waals surface area contributed by atoms with E-state index in [1.807, 2.05) is 0 Å². The van der Waals surface area contributed by atoms with Crippen LogP contribution in [-0.2, 0) is 0 Å². The van der Waals surface area contributed by atoms with Gasteiger partial charge < -0.3 is 0 Å². The fourth-order valence-electron chi connectivity index (χ4n) is 3.29. The van der Waals surface area contributed by atoms with Crippen molar-refractivity contribution < 1.29 is 0 Å². The first-order chi connectivity index (χ1) is 9.64. The van der Waals surface area contributed by atoms with E-state index < -0.39 is 0 Å². The van der Waals surface area contributed by atoms with Crippen molar-refractivity contribution in [2.45, 2.75) is 20.3 Å². The van der Waals surface area contributed by atoms with Crippen LogP contribution in [-0.4, -0.2) is 0 Å². The summed E-state index contributed by atoms with van der Waals surface area (Å²) in [5.74, 6) is 0. The van der Waals surface area contributed by atoms with E-state index in [9.17, 15) is 0 Å². The van der Waals surface area contributed by atoms with Gasteiger partial charge in [-0.3, -0.25) is 0 Å². The monoisotopic (exact) mass is 258 g/mol. The zero-order valence-corrected chi connectivity index (χ0v) is 12.0. The molecule has 0 aromatic heterocycles. The number of rotatable bonds is 0. The van der Waals surface area contributed by atoms with Crippen molar-refractivity contribution in [1.82, 2.24) is 0 Å². The van der Waals surface area contributed by atoms with Crippen LogP contribution in [0.2, 0.25) is 0 Å². The second-order valence-electron chi connectivity index (χ2n) is 6.49. The molecule has 3 aromatic carbocycles. The number of fused-ring (bicyclic) bond motifs is 5. The summed E-state index contributed by atoms with van der Waals surface area (Å²) in [5, 5.41) is 8.20. The van der Waals surface area contributed by atoms with Crippen molar-refractivity contribution in [3.8, 4) is 0 Å². The lowest BCUT2D eigenvalue weighted by molar-refractivity contribution is 0.535. The van der Waals surface area contributed by atoms with Gasteiger partial charge in [-0.2, -0.15) is 0 Å². The summed E-state index contributed by atoms with van der Waals surface area (Å²) >= 11 is 0. The van der Waals surface area contributed by atoms with Gasteiger partial charge in [0, 0.05) is 0 Å². The molecule has 0 heterocycles. The Bertz CT molecular complexity index is 943. The molecule has 0 nitrogen and oxygen atoms in total. The van der Waals surface area contributed by atoms with Crippen LogP contribution in [0.25, 0.3) is 33.7 Å². The molecule has 0 fully saturated rings.